The third-order valence-corrected chi connectivity index (χ3v) is 6.00. The molecule has 3 aromatic carbocycles. The molecule has 1 amide bonds. The van der Waals surface area contributed by atoms with E-state index < -0.39 is 0 Å². The van der Waals surface area contributed by atoms with Crippen molar-refractivity contribution in [1.29, 1.82) is 0 Å². The van der Waals surface area contributed by atoms with Gasteiger partial charge in [0, 0.05) is 27.0 Å². The van der Waals surface area contributed by atoms with E-state index in [-0.39, 0.29) is 12.5 Å². The maximum Gasteiger partial charge on any atom is 0.262 e. The lowest BCUT2D eigenvalue weighted by molar-refractivity contribution is -0.118. The summed E-state index contributed by atoms with van der Waals surface area (Å²) in [5, 5.41) is 3.39. The van der Waals surface area contributed by atoms with Gasteiger partial charge >= 0.3 is 0 Å². The Hall–Kier alpha value is -2.15. The van der Waals surface area contributed by atoms with E-state index in [2.05, 4.69) is 48.2 Å². The van der Waals surface area contributed by atoms with Crippen molar-refractivity contribution < 1.29 is 9.53 Å². The number of benzene rings is 3. The van der Waals surface area contributed by atoms with Gasteiger partial charge in [-0.1, -0.05) is 45.7 Å². The molecule has 0 fully saturated rings. The minimum absolute atomic E-state index is 0.157. The number of ether oxygens (including phenoxy) is 1. The summed E-state index contributed by atoms with van der Waals surface area (Å²) in [6.45, 7) is 5.80. The summed E-state index contributed by atoms with van der Waals surface area (Å²) in [6, 6.07) is 15.2. The SMILES string of the molecule is Cc1ccc(C)c(N=Cc2cc(Br)cc(Br)c2OCC(=O)Nc2ccc(C)c(Cl)c2)c1. The standard InChI is InChI=1S/C24H21Br2ClN2O2/c1-14-4-5-16(3)22(8-14)28-12-17-9-18(25)10-20(26)24(17)31-13-23(30)29-19-7-6-15(2)21(27)11-19/h4-12H,13H2,1-3H3,(H,29,30). The first-order chi connectivity index (χ1) is 14.7. The predicted molar refractivity (Wildman–Crippen MR) is 135 cm³/mol. The van der Waals surface area contributed by atoms with Crippen molar-refractivity contribution in [3.8, 4) is 5.75 Å². The fourth-order valence-corrected chi connectivity index (χ4v) is 4.38. The molecule has 0 heterocycles. The van der Waals surface area contributed by atoms with Crippen molar-refractivity contribution in [2.75, 3.05) is 11.9 Å². The second-order valence-corrected chi connectivity index (χ2v) is 9.33. The highest BCUT2D eigenvalue weighted by atomic mass is 79.9. The van der Waals surface area contributed by atoms with Crippen LogP contribution < -0.4 is 10.1 Å². The highest BCUT2D eigenvalue weighted by Crippen LogP contribution is 2.33. The van der Waals surface area contributed by atoms with E-state index in [1.165, 1.54) is 0 Å². The fraction of sp³-hybridized carbons (Fsp3) is 0.167. The number of nitrogens with zero attached hydrogens (tertiary/aromatic N) is 1. The van der Waals surface area contributed by atoms with Crippen molar-refractivity contribution in [2.24, 2.45) is 4.99 Å². The topological polar surface area (TPSA) is 50.7 Å². The number of halogens is 3. The predicted octanol–water partition coefficient (Wildman–Crippen LogP) is 7.56. The number of nitrogens with one attached hydrogen (secondary N) is 1. The van der Waals surface area contributed by atoms with Gasteiger partial charge in [-0.25, -0.2) is 0 Å². The molecular formula is C24H21Br2ClN2O2. The van der Waals surface area contributed by atoms with Crippen LogP contribution in [0.5, 0.6) is 5.75 Å². The lowest BCUT2D eigenvalue weighted by Crippen LogP contribution is -2.20. The zero-order valence-corrected chi connectivity index (χ0v) is 21.2. The van der Waals surface area contributed by atoms with Crippen LogP contribution in [0.2, 0.25) is 5.02 Å². The summed E-state index contributed by atoms with van der Waals surface area (Å²) in [4.78, 5) is 17.0. The Kier molecular flexibility index (Phi) is 7.92. The van der Waals surface area contributed by atoms with Gasteiger partial charge in [-0.05, 0) is 83.7 Å². The normalized spacial score (nSPS) is 11.0. The summed E-state index contributed by atoms with van der Waals surface area (Å²) in [5.74, 6) is 0.251. The lowest BCUT2D eigenvalue weighted by Gasteiger charge is -2.13. The zero-order chi connectivity index (χ0) is 22.5. The summed E-state index contributed by atoms with van der Waals surface area (Å²) < 4.78 is 7.44. The number of rotatable bonds is 6. The summed E-state index contributed by atoms with van der Waals surface area (Å²) in [6.07, 6.45) is 1.74. The van der Waals surface area contributed by atoms with Crippen molar-refractivity contribution in [2.45, 2.75) is 20.8 Å². The van der Waals surface area contributed by atoms with Crippen LogP contribution in [0.25, 0.3) is 0 Å². The van der Waals surface area contributed by atoms with E-state index in [9.17, 15) is 4.79 Å². The Morgan fingerprint density at radius 3 is 2.55 bits per heavy atom. The zero-order valence-electron chi connectivity index (χ0n) is 17.3. The van der Waals surface area contributed by atoms with Gasteiger partial charge in [0.25, 0.3) is 5.91 Å². The fourth-order valence-electron chi connectivity index (χ4n) is 2.83. The smallest absolute Gasteiger partial charge is 0.262 e. The number of amides is 1. The number of hydrogen-bond donors (Lipinski definition) is 1. The molecule has 4 nitrogen and oxygen atoms in total. The Bertz CT molecular complexity index is 1160. The van der Waals surface area contributed by atoms with Gasteiger partial charge in [-0.2, -0.15) is 0 Å². The highest BCUT2D eigenvalue weighted by molar-refractivity contribution is 9.11. The second-order valence-electron chi connectivity index (χ2n) is 7.15. The van der Waals surface area contributed by atoms with Gasteiger partial charge in [0.15, 0.2) is 6.61 Å². The second kappa shape index (κ2) is 10.4. The molecule has 31 heavy (non-hydrogen) atoms. The summed E-state index contributed by atoms with van der Waals surface area (Å²) >= 11 is 13.1. The number of aliphatic imine (C=N–C) groups is 1. The molecule has 0 aromatic heterocycles. The third-order valence-electron chi connectivity index (χ3n) is 4.55. The monoisotopic (exact) mass is 562 g/mol. The van der Waals surface area contributed by atoms with Gasteiger partial charge in [0.05, 0.1) is 10.2 Å². The van der Waals surface area contributed by atoms with Crippen LogP contribution in [0.1, 0.15) is 22.3 Å². The van der Waals surface area contributed by atoms with Crippen molar-refractivity contribution in [3.63, 3.8) is 0 Å². The van der Waals surface area contributed by atoms with E-state index in [0.29, 0.717) is 16.5 Å². The molecule has 0 spiro atoms. The van der Waals surface area contributed by atoms with E-state index in [1.54, 1.807) is 18.3 Å². The minimum atomic E-state index is -0.285. The Morgan fingerprint density at radius 1 is 1.06 bits per heavy atom. The largest absolute Gasteiger partial charge is 0.482 e. The molecule has 0 saturated carbocycles. The van der Waals surface area contributed by atoms with Crippen LogP contribution >= 0.6 is 43.5 Å². The molecule has 160 valence electrons. The van der Waals surface area contributed by atoms with Gasteiger partial charge < -0.3 is 10.1 Å². The van der Waals surface area contributed by atoms with Gasteiger partial charge in [0.1, 0.15) is 5.75 Å². The maximum absolute atomic E-state index is 12.4. The van der Waals surface area contributed by atoms with Crippen LogP contribution in [-0.2, 0) is 4.79 Å². The molecule has 0 saturated heterocycles. The number of hydrogen-bond acceptors (Lipinski definition) is 3. The van der Waals surface area contributed by atoms with E-state index in [1.807, 2.05) is 51.1 Å². The molecule has 7 heteroatoms. The average Bonchev–Trinajstić information content (AvgIpc) is 2.70. The van der Waals surface area contributed by atoms with Crippen molar-refractivity contribution >= 4 is 67.0 Å². The summed E-state index contributed by atoms with van der Waals surface area (Å²) in [7, 11) is 0. The molecule has 0 bridgehead atoms. The first-order valence-corrected chi connectivity index (χ1v) is 11.5. The average molecular weight is 565 g/mol. The van der Waals surface area contributed by atoms with E-state index in [4.69, 9.17) is 16.3 Å². The number of aryl methyl sites for hydroxylation is 3. The summed E-state index contributed by atoms with van der Waals surface area (Å²) in [5.41, 5.74) is 5.41. The van der Waals surface area contributed by atoms with Crippen molar-refractivity contribution in [1.82, 2.24) is 0 Å². The van der Waals surface area contributed by atoms with Crippen LogP contribution in [-0.4, -0.2) is 18.7 Å². The first kappa shape index (κ1) is 23.5. The Morgan fingerprint density at radius 2 is 1.81 bits per heavy atom. The van der Waals surface area contributed by atoms with Crippen molar-refractivity contribution in [3.05, 3.63) is 84.8 Å². The maximum atomic E-state index is 12.4. The van der Waals surface area contributed by atoms with Crippen LogP contribution in [0.15, 0.2) is 62.5 Å². The Labute approximate surface area is 203 Å². The molecule has 1 N–H and O–H groups in total. The molecule has 3 aromatic rings. The molecule has 0 atom stereocenters. The molecule has 0 aliphatic rings. The van der Waals surface area contributed by atoms with Crippen LogP contribution in [0.3, 0.4) is 0 Å². The third kappa shape index (κ3) is 6.42. The molecule has 3 rings (SSSR count). The first-order valence-electron chi connectivity index (χ1n) is 9.52. The van der Waals surface area contributed by atoms with E-state index in [0.717, 1.165) is 36.9 Å². The number of carbonyl (C=O) groups is 1. The lowest BCUT2D eigenvalue weighted by atomic mass is 10.1. The minimum Gasteiger partial charge on any atom is -0.482 e. The molecule has 0 radical (unpaired) electrons. The van der Waals surface area contributed by atoms with Crippen LogP contribution in [0.4, 0.5) is 11.4 Å². The highest BCUT2D eigenvalue weighted by Gasteiger charge is 2.12. The molecule has 0 aliphatic carbocycles. The molecule has 0 aliphatic heterocycles. The Balaban J connectivity index is 1.77. The van der Waals surface area contributed by atoms with Gasteiger partial charge in [0.2, 0.25) is 0 Å². The molecular weight excluding hydrogens is 544 g/mol. The number of anilines is 1. The van der Waals surface area contributed by atoms with Crippen LogP contribution in [0, 0.1) is 20.8 Å². The molecule has 0 unspecified atom stereocenters. The van der Waals surface area contributed by atoms with Gasteiger partial charge in [-0.3, -0.25) is 9.79 Å². The van der Waals surface area contributed by atoms with E-state index >= 15 is 0 Å². The quantitative estimate of drug-likeness (QED) is 0.314. The number of carbonyl (C=O) groups excluding carboxylic acids is 1. The van der Waals surface area contributed by atoms with Gasteiger partial charge in [-0.15, -0.1) is 0 Å².